The summed E-state index contributed by atoms with van der Waals surface area (Å²) in [4.78, 5) is 4.49. The van der Waals surface area contributed by atoms with Gasteiger partial charge in [0.05, 0.1) is 18.3 Å². The standard InChI is InChI=1S/C23H46N2O3Si2/c1-22(2,3)29(8,9)27-19-14-17(15-21-24-12-13-25(21)7)18(26)16-20(19)28-30(10,11)23(4,5)6/h12-13,17-20,26H,14-16H2,1-11H3/t17-,18+,19+,20-/m0/s1. The van der Waals surface area contributed by atoms with Crippen LogP contribution >= 0.6 is 0 Å². The number of rotatable bonds is 6. The molecule has 0 bridgehead atoms. The predicted molar refractivity (Wildman–Crippen MR) is 130 cm³/mol. The molecule has 1 aliphatic carbocycles. The number of aryl methyl sites for hydroxylation is 1. The highest BCUT2D eigenvalue weighted by molar-refractivity contribution is 6.74. The summed E-state index contributed by atoms with van der Waals surface area (Å²) >= 11 is 0. The molecule has 0 radical (unpaired) electrons. The first-order valence-corrected chi connectivity index (χ1v) is 17.3. The van der Waals surface area contributed by atoms with Gasteiger partial charge in [-0.05, 0) is 48.6 Å². The van der Waals surface area contributed by atoms with Crippen LogP contribution in [0.25, 0.3) is 0 Å². The first-order valence-electron chi connectivity index (χ1n) is 11.4. The molecule has 0 unspecified atom stereocenters. The van der Waals surface area contributed by atoms with E-state index in [1.54, 1.807) is 0 Å². The van der Waals surface area contributed by atoms with Crippen LogP contribution in [0.15, 0.2) is 12.4 Å². The molecule has 0 amide bonds. The maximum atomic E-state index is 11.1. The van der Waals surface area contributed by atoms with Gasteiger partial charge in [0.1, 0.15) is 5.82 Å². The van der Waals surface area contributed by atoms with Crippen molar-refractivity contribution in [1.29, 1.82) is 0 Å². The minimum Gasteiger partial charge on any atom is -0.411 e. The normalized spacial score (nSPS) is 26.8. The van der Waals surface area contributed by atoms with Gasteiger partial charge >= 0.3 is 0 Å². The number of hydrogen-bond acceptors (Lipinski definition) is 4. The van der Waals surface area contributed by atoms with Crippen LogP contribution in [0.1, 0.15) is 60.2 Å². The van der Waals surface area contributed by atoms with Gasteiger partial charge in [-0.15, -0.1) is 0 Å². The molecule has 4 atom stereocenters. The largest absolute Gasteiger partial charge is 0.411 e. The zero-order valence-corrected chi connectivity index (χ0v) is 23.2. The lowest BCUT2D eigenvalue weighted by molar-refractivity contribution is -0.0657. The van der Waals surface area contributed by atoms with Crippen molar-refractivity contribution in [3.8, 4) is 0 Å². The van der Waals surface area contributed by atoms with Gasteiger partial charge in [-0.1, -0.05) is 41.5 Å². The Morgan fingerprint density at radius 3 is 1.83 bits per heavy atom. The Morgan fingerprint density at radius 1 is 0.967 bits per heavy atom. The molecule has 2 rings (SSSR count). The Morgan fingerprint density at radius 2 is 1.43 bits per heavy atom. The smallest absolute Gasteiger partial charge is 0.192 e. The van der Waals surface area contributed by atoms with Crippen molar-refractivity contribution in [3.05, 3.63) is 18.2 Å². The molecule has 0 aliphatic heterocycles. The van der Waals surface area contributed by atoms with E-state index in [-0.39, 0.29) is 28.2 Å². The van der Waals surface area contributed by atoms with Crippen LogP contribution in [-0.4, -0.2) is 49.6 Å². The molecule has 1 fully saturated rings. The van der Waals surface area contributed by atoms with Crippen LogP contribution in [0, 0.1) is 5.92 Å². The third-order valence-corrected chi connectivity index (χ3v) is 16.8. The molecule has 1 aromatic heterocycles. The fourth-order valence-electron chi connectivity index (χ4n) is 3.59. The van der Waals surface area contributed by atoms with Crippen molar-refractivity contribution in [3.63, 3.8) is 0 Å². The molecule has 1 aromatic rings. The van der Waals surface area contributed by atoms with E-state index in [1.807, 2.05) is 19.4 Å². The maximum absolute atomic E-state index is 11.1. The van der Waals surface area contributed by atoms with E-state index in [4.69, 9.17) is 8.85 Å². The Balaban J connectivity index is 2.28. The monoisotopic (exact) mass is 454 g/mol. The van der Waals surface area contributed by atoms with Crippen LogP contribution in [-0.2, 0) is 22.3 Å². The Kier molecular flexibility index (Phi) is 7.57. The molecule has 174 valence electrons. The fourth-order valence-corrected chi connectivity index (χ4v) is 6.31. The molecule has 1 aliphatic rings. The topological polar surface area (TPSA) is 56.5 Å². The van der Waals surface area contributed by atoms with E-state index in [0.717, 1.165) is 18.7 Å². The van der Waals surface area contributed by atoms with Crippen LogP contribution < -0.4 is 0 Å². The summed E-state index contributed by atoms with van der Waals surface area (Å²) < 4.78 is 15.8. The molecule has 0 spiro atoms. The highest BCUT2D eigenvalue weighted by atomic mass is 28.4. The van der Waals surface area contributed by atoms with Gasteiger partial charge in [0, 0.05) is 32.3 Å². The summed E-state index contributed by atoms with van der Waals surface area (Å²) in [6.07, 6.45) is 5.61. The summed E-state index contributed by atoms with van der Waals surface area (Å²) in [5.74, 6) is 1.16. The number of aliphatic hydroxyl groups excluding tert-OH is 1. The lowest BCUT2D eigenvalue weighted by Crippen LogP contribution is -2.56. The van der Waals surface area contributed by atoms with E-state index in [0.29, 0.717) is 6.42 Å². The quantitative estimate of drug-likeness (QED) is 0.575. The molecular formula is C23H46N2O3Si2. The van der Waals surface area contributed by atoms with Crippen molar-refractivity contribution in [2.75, 3.05) is 0 Å². The molecule has 1 saturated carbocycles. The van der Waals surface area contributed by atoms with Crippen LogP contribution in [0.3, 0.4) is 0 Å². The van der Waals surface area contributed by atoms with Crippen molar-refractivity contribution in [1.82, 2.24) is 9.55 Å². The third kappa shape index (κ3) is 5.85. The fraction of sp³-hybridized carbons (Fsp3) is 0.870. The second kappa shape index (κ2) is 8.81. The van der Waals surface area contributed by atoms with Gasteiger partial charge in [-0.2, -0.15) is 0 Å². The Bertz CT molecular complexity index is 704. The van der Waals surface area contributed by atoms with Gasteiger partial charge in [0.25, 0.3) is 0 Å². The number of aromatic nitrogens is 2. The van der Waals surface area contributed by atoms with Gasteiger partial charge < -0.3 is 18.5 Å². The molecule has 7 heteroatoms. The third-order valence-electron chi connectivity index (χ3n) is 7.84. The average molecular weight is 455 g/mol. The minimum atomic E-state index is -1.97. The molecule has 5 nitrogen and oxygen atoms in total. The van der Waals surface area contributed by atoms with Gasteiger partial charge in [-0.3, -0.25) is 0 Å². The van der Waals surface area contributed by atoms with Gasteiger partial charge in [0.2, 0.25) is 0 Å². The summed E-state index contributed by atoms with van der Waals surface area (Å²) in [7, 11) is -1.92. The maximum Gasteiger partial charge on any atom is 0.192 e. The number of hydrogen-bond donors (Lipinski definition) is 1. The van der Waals surface area contributed by atoms with E-state index in [9.17, 15) is 5.11 Å². The minimum absolute atomic E-state index is 0.0219. The zero-order chi connectivity index (χ0) is 23.1. The van der Waals surface area contributed by atoms with Gasteiger partial charge in [0.15, 0.2) is 16.6 Å². The first-order chi connectivity index (χ1) is 13.4. The number of nitrogens with zero attached hydrogens (tertiary/aromatic N) is 2. The highest BCUT2D eigenvalue weighted by Gasteiger charge is 2.48. The predicted octanol–water partition coefficient (Wildman–Crippen LogP) is 5.51. The number of imidazole rings is 1. The SMILES string of the molecule is Cn1ccnc1C[C@@H]1C[C@@H](O[Si](C)(C)C(C)(C)C)[C@@H](O[Si](C)(C)C(C)(C)C)C[C@H]1O. The summed E-state index contributed by atoms with van der Waals surface area (Å²) in [6.45, 7) is 22.9. The zero-order valence-electron chi connectivity index (χ0n) is 21.2. The van der Waals surface area contributed by atoms with Gasteiger partial charge in [-0.25, -0.2) is 4.98 Å². The molecule has 30 heavy (non-hydrogen) atoms. The van der Waals surface area contributed by atoms with Crippen LogP contribution in [0.4, 0.5) is 0 Å². The summed E-state index contributed by atoms with van der Waals surface area (Å²) in [5, 5.41) is 11.3. The van der Waals surface area contributed by atoms with Crippen LogP contribution in [0.5, 0.6) is 0 Å². The van der Waals surface area contributed by atoms with E-state index in [1.165, 1.54) is 0 Å². The lowest BCUT2D eigenvalue weighted by atomic mass is 9.81. The lowest BCUT2D eigenvalue weighted by Gasteiger charge is -2.49. The highest BCUT2D eigenvalue weighted by Crippen LogP contribution is 2.44. The second-order valence-electron chi connectivity index (χ2n) is 12.3. The van der Waals surface area contributed by atoms with Crippen LogP contribution in [0.2, 0.25) is 36.3 Å². The van der Waals surface area contributed by atoms with Crippen molar-refractivity contribution < 1.29 is 14.0 Å². The molecular weight excluding hydrogens is 408 g/mol. The Labute approximate surface area is 186 Å². The number of aliphatic hydroxyl groups is 1. The molecule has 0 aromatic carbocycles. The molecule has 1 N–H and O–H groups in total. The average Bonchev–Trinajstić information content (AvgIpc) is 2.94. The molecule has 1 heterocycles. The van der Waals surface area contributed by atoms with E-state index >= 15 is 0 Å². The second-order valence-corrected chi connectivity index (χ2v) is 21.8. The Hall–Kier alpha value is -0.476. The van der Waals surface area contributed by atoms with Crippen molar-refractivity contribution in [2.45, 2.75) is 115 Å². The molecule has 0 saturated heterocycles. The first kappa shape index (κ1) is 25.8. The van der Waals surface area contributed by atoms with Crippen molar-refractivity contribution in [2.24, 2.45) is 13.0 Å². The van der Waals surface area contributed by atoms with E-state index in [2.05, 4.69) is 77.3 Å². The summed E-state index contributed by atoms with van der Waals surface area (Å²) in [5.41, 5.74) is 0. The summed E-state index contributed by atoms with van der Waals surface area (Å²) in [6, 6.07) is 0. The van der Waals surface area contributed by atoms with Crippen molar-refractivity contribution >= 4 is 16.6 Å². The van der Waals surface area contributed by atoms with E-state index < -0.39 is 22.7 Å².